The first-order valence-electron chi connectivity index (χ1n) is 8.34. The molecule has 6 heteroatoms. The van der Waals surface area contributed by atoms with Gasteiger partial charge < -0.3 is 15.4 Å². The molecule has 0 saturated carbocycles. The van der Waals surface area contributed by atoms with Gasteiger partial charge in [-0.25, -0.2) is 9.97 Å². The largest absolute Gasteiger partial charge is 0.455 e. The number of para-hydroxylation sites is 3. The van der Waals surface area contributed by atoms with Crippen LogP contribution in [0, 0.1) is 0 Å². The van der Waals surface area contributed by atoms with Crippen molar-refractivity contribution in [3.8, 4) is 11.5 Å². The van der Waals surface area contributed by atoms with E-state index in [0.29, 0.717) is 23.1 Å². The second-order valence-corrected chi connectivity index (χ2v) is 5.93. The molecule has 0 unspecified atom stereocenters. The molecule has 0 aliphatic heterocycles. The Morgan fingerprint density at radius 3 is 2.50 bits per heavy atom. The molecule has 3 rings (SSSR count). The van der Waals surface area contributed by atoms with Gasteiger partial charge in [-0.2, -0.15) is 0 Å². The van der Waals surface area contributed by atoms with Crippen LogP contribution in [0.25, 0.3) is 0 Å². The Hall–Kier alpha value is -3.41. The molecule has 0 spiro atoms. The average molecular weight is 348 g/mol. The number of benzene rings is 2. The summed E-state index contributed by atoms with van der Waals surface area (Å²) in [4.78, 5) is 20.9. The molecule has 1 aromatic heterocycles. The Morgan fingerprint density at radius 1 is 1.00 bits per heavy atom. The van der Waals surface area contributed by atoms with Gasteiger partial charge in [0, 0.05) is 12.2 Å². The van der Waals surface area contributed by atoms with E-state index in [9.17, 15) is 4.79 Å². The lowest BCUT2D eigenvalue weighted by Crippen LogP contribution is -2.17. The zero-order chi connectivity index (χ0) is 18.4. The lowest BCUT2D eigenvalue weighted by Gasteiger charge is -2.12. The summed E-state index contributed by atoms with van der Waals surface area (Å²) in [6.45, 7) is 3.96. The minimum absolute atomic E-state index is 0.174. The van der Waals surface area contributed by atoms with Crippen molar-refractivity contribution in [2.45, 2.75) is 19.9 Å². The molecule has 26 heavy (non-hydrogen) atoms. The fourth-order valence-electron chi connectivity index (χ4n) is 2.27. The number of nitrogens with one attached hydrogen (secondary N) is 2. The van der Waals surface area contributed by atoms with Crippen molar-refractivity contribution >= 4 is 17.5 Å². The van der Waals surface area contributed by atoms with Crippen LogP contribution in [0.5, 0.6) is 11.5 Å². The smallest absolute Gasteiger partial charge is 0.274 e. The summed E-state index contributed by atoms with van der Waals surface area (Å²) in [6.07, 6.45) is 1.55. The zero-order valence-electron chi connectivity index (χ0n) is 14.6. The van der Waals surface area contributed by atoms with Crippen LogP contribution in [0.4, 0.5) is 11.6 Å². The SMILES string of the molecule is CC(C)Nc1nccc(C(=O)Nc2ccccc2Oc2ccccc2)n1. The summed E-state index contributed by atoms with van der Waals surface area (Å²) in [7, 11) is 0. The topological polar surface area (TPSA) is 76.1 Å². The molecule has 0 aliphatic carbocycles. The number of hydrogen-bond donors (Lipinski definition) is 2. The van der Waals surface area contributed by atoms with Crippen LogP contribution < -0.4 is 15.4 Å². The van der Waals surface area contributed by atoms with Gasteiger partial charge in [-0.1, -0.05) is 30.3 Å². The Balaban J connectivity index is 1.78. The molecule has 0 radical (unpaired) electrons. The highest BCUT2D eigenvalue weighted by Gasteiger charge is 2.13. The van der Waals surface area contributed by atoms with E-state index in [1.807, 2.05) is 56.3 Å². The minimum Gasteiger partial charge on any atom is -0.455 e. The minimum atomic E-state index is -0.330. The quantitative estimate of drug-likeness (QED) is 0.693. The number of hydrogen-bond acceptors (Lipinski definition) is 5. The number of aromatic nitrogens is 2. The summed E-state index contributed by atoms with van der Waals surface area (Å²) in [5.41, 5.74) is 0.844. The van der Waals surface area contributed by atoms with Crippen molar-refractivity contribution < 1.29 is 9.53 Å². The molecule has 1 amide bonds. The first-order valence-corrected chi connectivity index (χ1v) is 8.34. The van der Waals surface area contributed by atoms with E-state index >= 15 is 0 Å². The number of carbonyl (C=O) groups excluding carboxylic acids is 1. The average Bonchev–Trinajstić information content (AvgIpc) is 2.64. The van der Waals surface area contributed by atoms with Crippen LogP contribution >= 0.6 is 0 Å². The molecule has 2 aromatic carbocycles. The first kappa shape index (κ1) is 17.4. The molecule has 0 saturated heterocycles. The van der Waals surface area contributed by atoms with Gasteiger partial charge in [0.25, 0.3) is 5.91 Å². The van der Waals surface area contributed by atoms with Crippen molar-refractivity contribution in [2.75, 3.05) is 10.6 Å². The summed E-state index contributed by atoms with van der Waals surface area (Å²) < 4.78 is 5.86. The van der Waals surface area contributed by atoms with Crippen molar-refractivity contribution in [3.05, 3.63) is 72.6 Å². The van der Waals surface area contributed by atoms with E-state index in [1.165, 1.54) is 0 Å². The van der Waals surface area contributed by atoms with E-state index in [4.69, 9.17) is 4.74 Å². The van der Waals surface area contributed by atoms with E-state index in [1.54, 1.807) is 24.4 Å². The number of rotatable bonds is 6. The fraction of sp³-hybridized carbons (Fsp3) is 0.150. The molecule has 0 fully saturated rings. The van der Waals surface area contributed by atoms with Crippen LogP contribution in [0.2, 0.25) is 0 Å². The van der Waals surface area contributed by atoms with Crippen molar-refractivity contribution in [1.82, 2.24) is 9.97 Å². The van der Waals surface area contributed by atoms with E-state index < -0.39 is 0 Å². The van der Waals surface area contributed by atoms with E-state index in [-0.39, 0.29) is 17.6 Å². The summed E-state index contributed by atoms with van der Waals surface area (Å²) >= 11 is 0. The normalized spacial score (nSPS) is 10.4. The van der Waals surface area contributed by atoms with Gasteiger partial charge >= 0.3 is 0 Å². The Bertz CT molecular complexity index is 882. The molecule has 2 N–H and O–H groups in total. The number of amides is 1. The van der Waals surface area contributed by atoms with Gasteiger partial charge in [-0.15, -0.1) is 0 Å². The van der Waals surface area contributed by atoms with Crippen LogP contribution in [0.15, 0.2) is 66.9 Å². The van der Waals surface area contributed by atoms with E-state index in [0.717, 1.165) is 0 Å². The van der Waals surface area contributed by atoms with Gasteiger partial charge in [-0.3, -0.25) is 4.79 Å². The highest BCUT2D eigenvalue weighted by atomic mass is 16.5. The molecule has 0 atom stereocenters. The number of carbonyl (C=O) groups is 1. The Kier molecular flexibility index (Phi) is 5.43. The summed E-state index contributed by atoms with van der Waals surface area (Å²) in [5.74, 6) is 1.34. The van der Waals surface area contributed by atoms with Crippen LogP contribution in [0.3, 0.4) is 0 Å². The fourth-order valence-corrected chi connectivity index (χ4v) is 2.27. The highest BCUT2D eigenvalue weighted by Crippen LogP contribution is 2.29. The third-order valence-corrected chi connectivity index (χ3v) is 3.41. The summed E-state index contributed by atoms with van der Waals surface area (Å²) in [6, 6.07) is 18.4. The molecule has 0 bridgehead atoms. The predicted molar refractivity (Wildman–Crippen MR) is 102 cm³/mol. The third kappa shape index (κ3) is 4.57. The highest BCUT2D eigenvalue weighted by molar-refractivity contribution is 6.03. The molecule has 3 aromatic rings. The van der Waals surface area contributed by atoms with Crippen LogP contribution in [0.1, 0.15) is 24.3 Å². The van der Waals surface area contributed by atoms with Crippen molar-refractivity contribution in [3.63, 3.8) is 0 Å². The standard InChI is InChI=1S/C20H20N4O2/c1-14(2)22-20-21-13-12-17(24-20)19(25)23-16-10-6-7-11-18(16)26-15-8-4-3-5-9-15/h3-14H,1-2H3,(H,23,25)(H,21,22,24). The van der Waals surface area contributed by atoms with Gasteiger partial charge in [0.2, 0.25) is 5.95 Å². The Labute approximate surface area is 152 Å². The molecule has 6 nitrogen and oxygen atoms in total. The predicted octanol–water partition coefficient (Wildman–Crippen LogP) is 4.34. The molecule has 0 aliphatic rings. The lowest BCUT2D eigenvalue weighted by molar-refractivity contribution is 0.102. The maximum atomic E-state index is 12.6. The van der Waals surface area contributed by atoms with Crippen molar-refractivity contribution in [1.29, 1.82) is 0 Å². The van der Waals surface area contributed by atoms with Crippen molar-refractivity contribution in [2.24, 2.45) is 0 Å². The van der Waals surface area contributed by atoms with Crippen LogP contribution in [-0.2, 0) is 0 Å². The lowest BCUT2D eigenvalue weighted by atomic mass is 10.2. The van der Waals surface area contributed by atoms with Gasteiger partial charge in [0.15, 0.2) is 5.75 Å². The second-order valence-electron chi connectivity index (χ2n) is 5.93. The third-order valence-electron chi connectivity index (χ3n) is 3.41. The zero-order valence-corrected chi connectivity index (χ0v) is 14.6. The molecular weight excluding hydrogens is 328 g/mol. The Morgan fingerprint density at radius 2 is 1.73 bits per heavy atom. The molecular formula is C20H20N4O2. The van der Waals surface area contributed by atoms with Gasteiger partial charge in [0.1, 0.15) is 11.4 Å². The maximum absolute atomic E-state index is 12.6. The number of anilines is 2. The van der Waals surface area contributed by atoms with Crippen LogP contribution in [-0.4, -0.2) is 21.9 Å². The molecule has 132 valence electrons. The summed E-state index contributed by atoms with van der Waals surface area (Å²) in [5, 5.41) is 5.93. The molecule has 1 heterocycles. The van der Waals surface area contributed by atoms with Gasteiger partial charge in [0.05, 0.1) is 5.69 Å². The van der Waals surface area contributed by atoms with Gasteiger partial charge in [-0.05, 0) is 44.2 Å². The number of ether oxygens (including phenoxy) is 1. The van der Waals surface area contributed by atoms with E-state index in [2.05, 4.69) is 20.6 Å². The number of nitrogens with zero attached hydrogens (tertiary/aromatic N) is 2. The second kappa shape index (κ2) is 8.11. The monoisotopic (exact) mass is 348 g/mol. The first-order chi connectivity index (χ1) is 12.6. The maximum Gasteiger partial charge on any atom is 0.274 e.